The fourth-order valence-electron chi connectivity index (χ4n) is 5.15. The van der Waals surface area contributed by atoms with Gasteiger partial charge in [-0.25, -0.2) is 14.6 Å². The minimum absolute atomic E-state index is 0.389. The Balaban J connectivity index is 1.21. The van der Waals surface area contributed by atoms with E-state index < -0.39 is 0 Å². The van der Waals surface area contributed by atoms with Gasteiger partial charge in [0.15, 0.2) is 17.3 Å². The summed E-state index contributed by atoms with van der Waals surface area (Å²) in [7, 11) is 0. The highest BCUT2D eigenvalue weighted by Crippen LogP contribution is 2.42. The van der Waals surface area contributed by atoms with Crippen LogP contribution in [0.4, 0.5) is 11.5 Å². The molecule has 10 nitrogen and oxygen atoms in total. The van der Waals surface area contributed by atoms with Crippen molar-refractivity contribution in [2.24, 2.45) is 0 Å². The lowest BCUT2D eigenvalue weighted by Gasteiger charge is -2.13. The zero-order valence-electron chi connectivity index (χ0n) is 21.3. The number of benzene rings is 1. The van der Waals surface area contributed by atoms with Gasteiger partial charge in [0.1, 0.15) is 18.2 Å². The Morgan fingerprint density at radius 3 is 2.76 bits per heavy atom. The van der Waals surface area contributed by atoms with Crippen molar-refractivity contribution in [2.75, 3.05) is 11.9 Å². The molecule has 10 heteroatoms. The van der Waals surface area contributed by atoms with Crippen LogP contribution in [0.3, 0.4) is 0 Å². The van der Waals surface area contributed by atoms with Crippen molar-refractivity contribution in [1.29, 1.82) is 5.26 Å². The van der Waals surface area contributed by atoms with E-state index in [-0.39, 0.29) is 0 Å². The molecule has 0 unspecified atom stereocenters. The molecule has 0 amide bonds. The summed E-state index contributed by atoms with van der Waals surface area (Å²) in [5.41, 5.74) is 7.41. The van der Waals surface area contributed by atoms with Crippen LogP contribution in [-0.4, -0.2) is 46.0 Å². The number of nitrogens with one attached hydrogen (secondary N) is 1. The van der Waals surface area contributed by atoms with Crippen LogP contribution in [0.5, 0.6) is 0 Å². The van der Waals surface area contributed by atoms with Crippen molar-refractivity contribution in [2.45, 2.75) is 45.7 Å². The van der Waals surface area contributed by atoms with Gasteiger partial charge in [0.25, 0.3) is 0 Å². The minimum atomic E-state index is 0.389. The van der Waals surface area contributed by atoms with Gasteiger partial charge < -0.3 is 5.32 Å². The Morgan fingerprint density at radius 1 is 1.08 bits per heavy atom. The summed E-state index contributed by atoms with van der Waals surface area (Å²) >= 11 is 0. The van der Waals surface area contributed by atoms with Crippen molar-refractivity contribution in [3.8, 4) is 17.7 Å². The maximum absolute atomic E-state index is 9.34. The quantitative estimate of drug-likeness (QED) is 0.360. The summed E-state index contributed by atoms with van der Waals surface area (Å²) in [5, 5.41) is 26.0. The summed E-state index contributed by atoms with van der Waals surface area (Å²) in [6.07, 6.45) is 4.09. The van der Waals surface area contributed by atoms with Gasteiger partial charge in [-0.2, -0.15) is 15.5 Å². The van der Waals surface area contributed by atoms with Gasteiger partial charge in [-0.05, 0) is 74.2 Å². The van der Waals surface area contributed by atoms with E-state index in [4.69, 9.17) is 4.98 Å². The summed E-state index contributed by atoms with van der Waals surface area (Å²) in [4.78, 5) is 12.0. The van der Waals surface area contributed by atoms with Gasteiger partial charge in [0, 0.05) is 30.0 Å². The highest BCUT2D eigenvalue weighted by molar-refractivity contribution is 5.82. The number of hydrogen-bond acceptors (Lipinski definition) is 8. The number of aryl methyl sites for hydroxylation is 1. The van der Waals surface area contributed by atoms with Crippen LogP contribution in [0.2, 0.25) is 0 Å². The lowest BCUT2D eigenvalue weighted by molar-refractivity contribution is 0.299. The minimum Gasteiger partial charge on any atom is -0.339 e. The summed E-state index contributed by atoms with van der Waals surface area (Å²) < 4.78 is 3.77. The molecule has 1 fully saturated rings. The second-order valence-corrected chi connectivity index (χ2v) is 10.00. The molecule has 0 spiro atoms. The molecule has 2 aliphatic rings. The second-order valence-electron chi connectivity index (χ2n) is 10.00. The topological polar surface area (TPSA) is 113 Å². The number of anilines is 2. The SMILES string of the molecule is CCN1Cc2cc(Nc3ccc4c(c3)ncn4-c3ccc(C4CC4)c(-n4nc(C#N)cc4C)n3)nnc2C1. The molecular formula is C28H26N10. The molecule has 0 bridgehead atoms. The normalized spacial score (nSPS) is 15.1. The van der Waals surface area contributed by atoms with Crippen LogP contribution in [0.1, 0.15) is 53.9 Å². The third-order valence-electron chi connectivity index (χ3n) is 7.35. The molecule has 1 aromatic carbocycles. The number of nitriles is 1. The van der Waals surface area contributed by atoms with E-state index in [2.05, 4.69) is 55.6 Å². The predicted molar refractivity (Wildman–Crippen MR) is 143 cm³/mol. The van der Waals surface area contributed by atoms with Gasteiger partial charge in [0.05, 0.1) is 16.7 Å². The maximum atomic E-state index is 9.34. The highest BCUT2D eigenvalue weighted by atomic mass is 15.3. The first-order valence-electron chi connectivity index (χ1n) is 12.9. The monoisotopic (exact) mass is 502 g/mol. The van der Waals surface area contributed by atoms with Crippen molar-refractivity contribution in [1.82, 2.24) is 39.4 Å². The Hall–Kier alpha value is -4.62. The lowest BCUT2D eigenvalue weighted by Crippen LogP contribution is -2.14. The smallest absolute Gasteiger partial charge is 0.163 e. The number of nitrogens with zero attached hydrogens (tertiary/aromatic N) is 9. The molecule has 0 radical (unpaired) electrons. The molecule has 1 saturated carbocycles. The lowest BCUT2D eigenvalue weighted by atomic mass is 10.1. The molecule has 4 aromatic heterocycles. The molecule has 38 heavy (non-hydrogen) atoms. The zero-order valence-corrected chi connectivity index (χ0v) is 21.3. The fraction of sp³-hybridized carbons (Fsp3) is 0.286. The third kappa shape index (κ3) is 3.88. The molecule has 1 aliphatic heterocycles. The van der Waals surface area contributed by atoms with E-state index in [0.29, 0.717) is 11.6 Å². The van der Waals surface area contributed by atoms with Gasteiger partial charge in [-0.3, -0.25) is 9.47 Å². The van der Waals surface area contributed by atoms with Crippen LogP contribution in [0, 0.1) is 18.3 Å². The number of imidazole rings is 1. The molecule has 5 aromatic rings. The Bertz CT molecular complexity index is 1740. The standard InChI is InChI=1S/C28H26N10/c1-3-36-14-19-11-26(34-33-24(19)15-36)31-20-6-8-25-23(12-20)30-16-37(25)27-9-7-22(18-4-5-18)28(32-27)38-17(2)10-21(13-29)35-38/h6-12,16,18H,3-5,14-15H2,1-2H3,(H,31,34). The number of fused-ring (bicyclic) bond motifs is 2. The van der Waals surface area contributed by atoms with E-state index in [1.807, 2.05) is 35.8 Å². The first-order chi connectivity index (χ1) is 18.6. The third-order valence-corrected chi connectivity index (χ3v) is 7.35. The average Bonchev–Trinajstić information content (AvgIpc) is 3.38. The second kappa shape index (κ2) is 8.75. The Morgan fingerprint density at radius 2 is 1.97 bits per heavy atom. The van der Waals surface area contributed by atoms with Crippen LogP contribution >= 0.6 is 0 Å². The summed E-state index contributed by atoms with van der Waals surface area (Å²) in [6, 6.07) is 16.2. The van der Waals surface area contributed by atoms with E-state index in [0.717, 1.165) is 83.6 Å². The Kier molecular flexibility index (Phi) is 5.19. The van der Waals surface area contributed by atoms with Crippen molar-refractivity contribution < 1.29 is 0 Å². The molecule has 0 atom stereocenters. The zero-order chi connectivity index (χ0) is 25.8. The maximum Gasteiger partial charge on any atom is 0.163 e. The Labute approximate surface area is 219 Å². The van der Waals surface area contributed by atoms with Crippen molar-refractivity contribution >= 4 is 22.5 Å². The van der Waals surface area contributed by atoms with Gasteiger partial charge in [-0.15, -0.1) is 5.10 Å². The molecule has 188 valence electrons. The molecule has 0 saturated heterocycles. The molecule has 1 aliphatic carbocycles. The van der Waals surface area contributed by atoms with Gasteiger partial charge in [0.2, 0.25) is 0 Å². The first kappa shape index (κ1) is 22.6. The number of pyridine rings is 1. The highest BCUT2D eigenvalue weighted by Gasteiger charge is 2.29. The summed E-state index contributed by atoms with van der Waals surface area (Å²) in [5.74, 6) is 2.75. The van der Waals surface area contributed by atoms with Gasteiger partial charge in [-0.1, -0.05) is 13.0 Å². The van der Waals surface area contributed by atoms with E-state index in [9.17, 15) is 5.26 Å². The van der Waals surface area contributed by atoms with Crippen molar-refractivity contribution in [3.05, 3.63) is 77.0 Å². The van der Waals surface area contributed by atoms with E-state index >= 15 is 0 Å². The van der Waals surface area contributed by atoms with Crippen LogP contribution in [-0.2, 0) is 13.1 Å². The van der Waals surface area contributed by atoms with Gasteiger partial charge >= 0.3 is 0 Å². The van der Waals surface area contributed by atoms with E-state index in [1.54, 1.807) is 17.1 Å². The van der Waals surface area contributed by atoms with E-state index in [1.165, 1.54) is 5.56 Å². The number of rotatable bonds is 6. The first-order valence-corrected chi connectivity index (χ1v) is 12.9. The van der Waals surface area contributed by atoms with Crippen LogP contribution < -0.4 is 5.32 Å². The molecule has 1 N–H and O–H groups in total. The van der Waals surface area contributed by atoms with Crippen molar-refractivity contribution in [3.63, 3.8) is 0 Å². The molecular weight excluding hydrogens is 476 g/mol. The number of aromatic nitrogens is 7. The molecule has 7 rings (SSSR count). The largest absolute Gasteiger partial charge is 0.339 e. The average molecular weight is 503 g/mol. The predicted octanol–water partition coefficient (Wildman–Crippen LogP) is 4.53. The number of hydrogen-bond donors (Lipinski definition) is 1. The molecule has 5 heterocycles. The fourth-order valence-corrected chi connectivity index (χ4v) is 5.15. The van der Waals surface area contributed by atoms with Crippen LogP contribution in [0.25, 0.3) is 22.7 Å². The van der Waals surface area contributed by atoms with Crippen LogP contribution in [0.15, 0.2) is 48.8 Å². The summed E-state index contributed by atoms with van der Waals surface area (Å²) in [6.45, 7) is 6.88.